The molecular formula is C42H38N6O8S4. The maximum Gasteiger partial charge on any atom is 0.269 e. The number of ether oxygens (including phenoxy) is 2. The van der Waals surface area contributed by atoms with E-state index in [1.165, 1.54) is 9.80 Å². The smallest absolute Gasteiger partial charge is 0.269 e. The molecule has 0 radical (unpaired) electrons. The average molecular weight is 883 g/mol. The Bertz CT molecular complexity index is 2130. The van der Waals surface area contributed by atoms with Gasteiger partial charge < -0.3 is 9.47 Å². The van der Waals surface area contributed by atoms with Crippen LogP contribution in [0.2, 0.25) is 0 Å². The summed E-state index contributed by atoms with van der Waals surface area (Å²) < 4.78 is 11.9. The first-order valence-electron chi connectivity index (χ1n) is 18.6. The lowest BCUT2D eigenvalue weighted by Crippen LogP contribution is -2.42. The highest BCUT2D eigenvalue weighted by Crippen LogP contribution is 2.42. The lowest BCUT2D eigenvalue weighted by molar-refractivity contribution is -0.125. The molecule has 0 aromatic heterocycles. The Morgan fingerprint density at radius 1 is 0.517 bits per heavy atom. The Hall–Kier alpha value is -6.08. The van der Waals surface area contributed by atoms with Gasteiger partial charge in [-0.2, -0.15) is 0 Å². The Morgan fingerprint density at radius 3 is 1.25 bits per heavy atom. The number of thioether (sulfide) groups is 2. The van der Waals surface area contributed by atoms with Crippen molar-refractivity contribution < 1.29 is 38.2 Å². The number of carbonyl (C=O) groups excluding carboxylic acids is 6. The molecule has 0 bridgehead atoms. The highest BCUT2D eigenvalue weighted by Gasteiger charge is 2.41. The first kappa shape index (κ1) is 43.5. The normalized spacial score (nSPS) is 14.9. The molecule has 18 heteroatoms. The second kappa shape index (κ2) is 21.3. The highest BCUT2D eigenvalue weighted by molar-refractivity contribution is 8.29. The monoisotopic (exact) mass is 882 g/mol. The van der Waals surface area contributed by atoms with E-state index in [0.29, 0.717) is 35.8 Å². The molecule has 0 saturated carbocycles. The van der Waals surface area contributed by atoms with E-state index in [4.69, 9.17) is 33.9 Å². The zero-order chi connectivity index (χ0) is 42.4. The number of thiocarbonyl (C=S) groups is 2. The van der Waals surface area contributed by atoms with E-state index in [0.717, 1.165) is 34.7 Å². The van der Waals surface area contributed by atoms with Crippen LogP contribution in [0.25, 0.3) is 0 Å². The zero-order valence-corrected chi connectivity index (χ0v) is 35.1. The van der Waals surface area contributed by atoms with Crippen molar-refractivity contribution in [1.29, 1.82) is 0 Å². The van der Waals surface area contributed by atoms with Crippen LogP contribution in [0.1, 0.15) is 57.5 Å². The fourth-order valence-electron chi connectivity index (χ4n) is 5.66. The molecule has 0 aliphatic carbocycles. The minimum atomic E-state index is -0.511. The molecule has 308 valence electrons. The average Bonchev–Trinajstić information content (AvgIpc) is 3.71. The van der Waals surface area contributed by atoms with Crippen LogP contribution >= 0.6 is 48.0 Å². The molecule has 6 rings (SSSR count). The third-order valence-corrected chi connectivity index (χ3v) is 11.9. The predicted octanol–water partition coefficient (Wildman–Crippen LogP) is 5.56. The maximum absolute atomic E-state index is 13.4. The van der Waals surface area contributed by atoms with E-state index in [-0.39, 0.29) is 57.2 Å². The molecule has 2 fully saturated rings. The van der Waals surface area contributed by atoms with Crippen LogP contribution in [-0.4, -0.2) is 67.0 Å². The molecule has 4 N–H and O–H groups in total. The molecule has 2 heterocycles. The molecule has 2 aliphatic rings. The number of hydrogen-bond donors (Lipinski definition) is 4. The van der Waals surface area contributed by atoms with Gasteiger partial charge in [0.25, 0.3) is 23.6 Å². The summed E-state index contributed by atoms with van der Waals surface area (Å²) in [6.07, 6.45) is 0.427. The summed E-state index contributed by atoms with van der Waals surface area (Å²) in [4.78, 5) is 79.7. The Kier molecular flexibility index (Phi) is 15.4. The van der Waals surface area contributed by atoms with Gasteiger partial charge >= 0.3 is 0 Å². The number of benzene rings is 4. The van der Waals surface area contributed by atoms with Gasteiger partial charge in [0.1, 0.15) is 33.4 Å². The molecule has 2 aliphatic heterocycles. The minimum absolute atomic E-state index is 0.0175. The van der Waals surface area contributed by atoms with Gasteiger partial charge in [0.05, 0.1) is 9.81 Å². The molecule has 0 spiro atoms. The van der Waals surface area contributed by atoms with Gasteiger partial charge in [-0.1, -0.05) is 109 Å². The Labute approximate surface area is 364 Å². The first-order chi connectivity index (χ1) is 29.0. The van der Waals surface area contributed by atoms with Crippen LogP contribution in [0.15, 0.2) is 119 Å². The molecule has 6 amide bonds. The molecule has 2 saturated heterocycles. The van der Waals surface area contributed by atoms with E-state index in [1.54, 1.807) is 48.5 Å². The van der Waals surface area contributed by atoms with Crippen LogP contribution < -0.4 is 31.2 Å². The summed E-state index contributed by atoms with van der Waals surface area (Å²) in [6, 6.07) is 32.3. The zero-order valence-electron chi connectivity index (χ0n) is 31.8. The van der Waals surface area contributed by atoms with E-state index in [1.807, 2.05) is 60.7 Å². The fraction of sp³-hybridized carbons (Fsp3) is 0.190. The van der Waals surface area contributed by atoms with Crippen molar-refractivity contribution >= 4 is 92.0 Å². The number of hydrogen-bond acceptors (Lipinski definition) is 12. The van der Waals surface area contributed by atoms with E-state index in [9.17, 15) is 28.8 Å². The summed E-state index contributed by atoms with van der Waals surface area (Å²) in [7, 11) is 0. The second-order valence-electron chi connectivity index (χ2n) is 13.1. The van der Waals surface area contributed by atoms with Gasteiger partial charge in [0.15, 0.2) is 0 Å². The topological polar surface area (TPSA) is 175 Å². The van der Waals surface area contributed by atoms with Crippen LogP contribution in [0.5, 0.6) is 11.5 Å². The second-order valence-corrected chi connectivity index (χ2v) is 16.4. The van der Waals surface area contributed by atoms with E-state index >= 15 is 0 Å². The summed E-state index contributed by atoms with van der Waals surface area (Å²) in [5, 5.41) is 0. The van der Waals surface area contributed by atoms with Gasteiger partial charge in [-0.15, -0.1) is 0 Å². The van der Waals surface area contributed by atoms with Crippen molar-refractivity contribution in [2.75, 3.05) is 13.1 Å². The Balaban J connectivity index is 0.877. The molecule has 0 unspecified atom stereocenters. The van der Waals surface area contributed by atoms with Gasteiger partial charge in [-0.05, 0) is 72.5 Å². The molecule has 4 aromatic carbocycles. The number of rotatable bonds is 16. The lowest BCUT2D eigenvalue weighted by Gasteiger charge is -2.15. The van der Waals surface area contributed by atoms with Crippen molar-refractivity contribution in [1.82, 2.24) is 31.5 Å². The standard InChI is InChI=1S/C42H38N6O8S4/c49-33(43-45-37(51)29-15-19-31(20-16-29)55-25-27-9-3-1-4-10-27)13-7-23-47-39(53)35(59-41(47)57)36-40(54)48(42(58)60-36)24-8-14-34(50)44-46-38(52)30-17-21-32(22-18-30)56-26-28-11-5-2-6-12-28/h1-6,9-12,15-22H,7-8,13-14,23-26H2,(H,43,49)(H,44,50)(H,45,51)(H,46,52)/b36-35+. The first-order valence-corrected chi connectivity index (χ1v) is 21.0. The van der Waals surface area contributed by atoms with Crippen molar-refractivity contribution in [3.05, 3.63) is 141 Å². The fourth-order valence-corrected chi connectivity index (χ4v) is 8.43. The van der Waals surface area contributed by atoms with E-state index in [2.05, 4.69) is 21.7 Å². The van der Waals surface area contributed by atoms with Crippen molar-refractivity contribution in [2.24, 2.45) is 0 Å². The third kappa shape index (κ3) is 12.0. The molecule has 60 heavy (non-hydrogen) atoms. The SMILES string of the molecule is O=C(CCCN1C(=O)/C(=C2\SC(=S)N(CCCC(=O)NNC(=O)c3ccc(OCc4ccccc4)cc3)C2=O)SC1=S)NNC(=O)c1ccc(OCc2ccccc2)cc1. The maximum atomic E-state index is 13.4. The highest BCUT2D eigenvalue weighted by atomic mass is 32.2. The van der Waals surface area contributed by atoms with Crippen LogP contribution in [0.3, 0.4) is 0 Å². The molecule has 0 atom stereocenters. The summed E-state index contributed by atoms with van der Waals surface area (Å²) in [6.45, 7) is 0.995. The number of nitrogens with zero attached hydrogens (tertiary/aromatic N) is 2. The minimum Gasteiger partial charge on any atom is -0.489 e. The van der Waals surface area contributed by atoms with Crippen LogP contribution in [0.4, 0.5) is 0 Å². The molecular weight excluding hydrogens is 845 g/mol. The summed E-state index contributed by atoms with van der Waals surface area (Å²) in [5.74, 6) is -1.72. The van der Waals surface area contributed by atoms with Crippen molar-refractivity contribution in [2.45, 2.75) is 38.9 Å². The van der Waals surface area contributed by atoms with Crippen molar-refractivity contribution in [3.63, 3.8) is 0 Å². The molecule has 14 nitrogen and oxygen atoms in total. The van der Waals surface area contributed by atoms with Crippen LogP contribution in [0, 0.1) is 0 Å². The Morgan fingerprint density at radius 2 is 0.883 bits per heavy atom. The van der Waals surface area contributed by atoms with Gasteiger partial charge in [0.2, 0.25) is 11.8 Å². The summed E-state index contributed by atoms with van der Waals surface area (Å²) in [5.41, 5.74) is 12.2. The molecule has 4 aromatic rings. The van der Waals surface area contributed by atoms with E-state index < -0.39 is 35.4 Å². The van der Waals surface area contributed by atoms with Gasteiger partial charge in [0, 0.05) is 37.1 Å². The van der Waals surface area contributed by atoms with Gasteiger partial charge in [-0.3, -0.25) is 60.3 Å². The van der Waals surface area contributed by atoms with Crippen molar-refractivity contribution in [3.8, 4) is 11.5 Å². The number of amides is 6. The quantitative estimate of drug-likeness (QED) is 0.0628. The lowest BCUT2D eigenvalue weighted by atomic mass is 10.2. The number of carbonyl (C=O) groups is 6. The number of nitrogens with one attached hydrogen (secondary N) is 4. The predicted molar refractivity (Wildman–Crippen MR) is 235 cm³/mol. The summed E-state index contributed by atoms with van der Waals surface area (Å²) >= 11 is 12.8. The van der Waals surface area contributed by atoms with Gasteiger partial charge in [-0.25, -0.2) is 0 Å². The largest absolute Gasteiger partial charge is 0.489 e. The van der Waals surface area contributed by atoms with Crippen LogP contribution in [-0.2, 0) is 32.4 Å². The number of hydrazine groups is 2. The third-order valence-electron chi connectivity index (χ3n) is 8.84.